The Morgan fingerprint density at radius 2 is 2.13 bits per heavy atom. The van der Waals surface area contributed by atoms with Gasteiger partial charge in [-0.25, -0.2) is 8.42 Å². The Morgan fingerprint density at radius 1 is 1.22 bits per heavy atom. The zero-order valence-corrected chi connectivity index (χ0v) is 13.5. The molecule has 2 fully saturated rings. The number of hydrogen-bond acceptors (Lipinski definition) is 6. The molecular weight excluding hydrogens is 318 g/mol. The van der Waals surface area contributed by atoms with Gasteiger partial charge in [0.05, 0.1) is 6.20 Å². The Hall–Kier alpha value is -1.64. The summed E-state index contributed by atoms with van der Waals surface area (Å²) in [5.74, 6) is 0.789. The molecule has 0 aromatic carbocycles. The molecule has 2 aliphatic heterocycles. The van der Waals surface area contributed by atoms with E-state index >= 15 is 0 Å². The number of aromatic nitrogens is 1. The van der Waals surface area contributed by atoms with Crippen molar-refractivity contribution in [3.8, 4) is 11.5 Å². The molecule has 23 heavy (non-hydrogen) atoms. The number of rotatable bonds is 3. The zero-order valence-electron chi connectivity index (χ0n) is 12.7. The van der Waals surface area contributed by atoms with Crippen LogP contribution in [0.15, 0.2) is 38.4 Å². The Kier molecular flexibility index (Phi) is 3.55. The molecule has 1 atom stereocenters. The standard InChI is InChI=1S/C15H19N3O4S/c19-23(20,14-3-2-12(21-14)13-4-7-17-22-13)18-9-1-5-15(11-18)6-8-16-10-15/h2-4,7,16H,1,5-6,8-11H2. The monoisotopic (exact) mass is 337 g/mol. The average Bonchev–Trinajstić information content (AvgIpc) is 3.28. The first kappa shape index (κ1) is 14.9. The molecule has 4 heterocycles. The number of nitrogens with zero attached hydrogens (tertiary/aromatic N) is 2. The molecule has 2 aliphatic rings. The van der Waals surface area contributed by atoms with Crippen molar-refractivity contribution in [1.29, 1.82) is 0 Å². The van der Waals surface area contributed by atoms with E-state index in [-0.39, 0.29) is 10.5 Å². The summed E-state index contributed by atoms with van der Waals surface area (Å²) in [4.78, 5) is 0. The van der Waals surface area contributed by atoms with Crippen molar-refractivity contribution in [2.45, 2.75) is 24.4 Å². The van der Waals surface area contributed by atoms with Gasteiger partial charge in [-0.1, -0.05) is 5.16 Å². The second-order valence-corrected chi connectivity index (χ2v) is 8.23. The van der Waals surface area contributed by atoms with E-state index in [0.29, 0.717) is 24.6 Å². The highest BCUT2D eigenvalue weighted by atomic mass is 32.2. The van der Waals surface area contributed by atoms with Crippen molar-refractivity contribution in [3.05, 3.63) is 24.4 Å². The zero-order chi connectivity index (χ0) is 15.9. The maximum Gasteiger partial charge on any atom is 0.276 e. The summed E-state index contributed by atoms with van der Waals surface area (Å²) in [6.07, 6.45) is 4.48. The highest BCUT2D eigenvalue weighted by Gasteiger charge is 2.42. The second kappa shape index (κ2) is 5.47. The van der Waals surface area contributed by atoms with Gasteiger partial charge in [0.15, 0.2) is 5.76 Å². The number of nitrogens with one attached hydrogen (secondary N) is 1. The average molecular weight is 337 g/mol. The lowest BCUT2D eigenvalue weighted by molar-refractivity contribution is 0.165. The molecule has 8 heteroatoms. The van der Waals surface area contributed by atoms with Crippen LogP contribution in [0.3, 0.4) is 0 Å². The first-order valence-electron chi connectivity index (χ1n) is 7.81. The molecule has 124 valence electrons. The van der Waals surface area contributed by atoms with Crippen LogP contribution in [0.25, 0.3) is 11.5 Å². The molecule has 4 rings (SSSR count). The summed E-state index contributed by atoms with van der Waals surface area (Å²) >= 11 is 0. The fraction of sp³-hybridized carbons (Fsp3) is 0.533. The molecule has 2 aromatic heterocycles. The minimum atomic E-state index is -3.62. The van der Waals surface area contributed by atoms with Crippen molar-refractivity contribution >= 4 is 10.0 Å². The third-order valence-electron chi connectivity index (χ3n) is 4.81. The molecule has 0 aliphatic carbocycles. The maximum absolute atomic E-state index is 12.9. The van der Waals surface area contributed by atoms with E-state index in [0.717, 1.165) is 32.4 Å². The first-order valence-corrected chi connectivity index (χ1v) is 9.25. The van der Waals surface area contributed by atoms with E-state index < -0.39 is 10.0 Å². The molecule has 1 spiro atoms. The molecule has 0 bridgehead atoms. The van der Waals surface area contributed by atoms with Crippen molar-refractivity contribution in [2.75, 3.05) is 26.2 Å². The molecule has 0 saturated carbocycles. The van der Waals surface area contributed by atoms with Crippen LogP contribution in [-0.4, -0.2) is 44.1 Å². The molecule has 2 saturated heterocycles. The lowest BCUT2D eigenvalue weighted by Crippen LogP contribution is -2.46. The van der Waals surface area contributed by atoms with Gasteiger partial charge < -0.3 is 14.3 Å². The van der Waals surface area contributed by atoms with Crippen molar-refractivity contribution in [2.24, 2.45) is 5.41 Å². The van der Waals surface area contributed by atoms with E-state index in [1.54, 1.807) is 16.4 Å². The predicted molar refractivity (Wildman–Crippen MR) is 82.1 cm³/mol. The minimum absolute atomic E-state index is 0.0353. The smallest absolute Gasteiger partial charge is 0.276 e. The van der Waals surface area contributed by atoms with E-state index in [2.05, 4.69) is 10.5 Å². The van der Waals surface area contributed by atoms with E-state index in [9.17, 15) is 8.42 Å². The molecule has 2 aromatic rings. The van der Waals surface area contributed by atoms with Crippen LogP contribution in [0.1, 0.15) is 19.3 Å². The lowest BCUT2D eigenvalue weighted by Gasteiger charge is -2.38. The quantitative estimate of drug-likeness (QED) is 0.917. The number of hydrogen-bond donors (Lipinski definition) is 1. The first-order chi connectivity index (χ1) is 11.1. The Bertz CT molecular complexity index is 776. The van der Waals surface area contributed by atoms with Crippen LogP contribution in [0.2, 0.25) is 0 Å². The summed E-state index contributed by atoms with van der Waals surface area (Å²) in [5.41, 5.74) is 0.0751. The topological polar surface area (TPSA) is 88.6 Å². The Labute approximate surface area is 134 Å². The summed E-state index contributed by atoms with van der Waals surface area (Å²) in [7, 11) is -3.62. The van der Waals surface area contributed by atoms with Crippen LogP contribution in [-0.2, 0) is 10.0 Å². The molecule has 0 amide bonds. The fourth-order valence-electron chi connectivity index (χ4n) is 3.57. The van der Waals surface area contributed by atoms with Crippen molar-refractivity contribution in [1.82, 2.24) is 14.8 Å². The third-order valence-corrected chi connectivity index (χ3v) is 6.53. The van der Waals surface area contributed by atoms with Crippen LogP contribution < -0.4 is 5.32 Å². The molecule has 0 radical (unpaired) electrons. The van der Waals surface area contributed by atoms with Gasteiger partial charge in [-0.2, -0.15) is 4.31 Å². The predicted octanol–water partition coefficient (Wildman–Crippen LogP) is 1.70. The number of furan rings is 1. The highest BCUT2D eigenvalue weighted by Crippen LogP contribution is 2.38. The van der Waals surface area contributed by atoms with Crippen molar-refractivity contribution < 1.29 is 17.4 Å². The van der Waals surface area contributed by atoms with Gasteiger partial charge in [0, 0.05) is 25.7 Å². The number of sulfonamides is 1. The van der Waals surface area contributed by atoms with Crippen LogP contribution in [0.5, 0.6) is 0 Å². The van der Waals surface area contributed by atoms with Gasteiger partial charge >= 0.3 is 0 Å². The van der Waals surface area contributed by atoms with E-state index in [1.807, 2.05) is 0 Å². The molecular formula is C15H19N3O4S. The Morgan fingerprint density at radius 3 is 2.87 bits per heavy atom. The van der Waals surface area contributed by atoms with Gasteiger partial charge in [0.1, 0.15) is 0 Å². The SMILES string of the molecule is O=S(=O)(c1ccc(-c2ccno2)o1)N1CCCC2(CCNC2)C1. The molecule has 1 unspecified atom stereocenters. The van der Waals surface area contributed by atoms with E-state index in [1.165, 1.54) is 12.3 Å². The molecule has 1 N–H and O–H groups in total. The molecule has 7 nitrogen and oxygen atoms in total. The van der Waals surface area contributed by atoms with Gasteiger partial charge in [-0.3, -0.25) is 0 Å². The summed E-state index contributed by atoms with van der Waals surface area (Å²) in [6, 6.07) is 4.72. The fourth-order valence-corrected chi connectivity index (χ4v) is 5.08. The Balaban J connectivity index is 1.60. The van der Waals surface area contributed by atoms with Gasteiger partial charge in [-0.05, 0) is 43.4 Å². The largest absolute Gasteiger partial charge is 0.440 e. The normalized spacial score (nSPS) is 26.1. The summed E-state index contributed by atoms with van der Waals surface area (Å²) in [6.45, 7) is 2.95. The minimum Gasteiger partial charge on any atom is -0.440 e. The summed E-state index contributed by atoms with van der Waals surface area (Å²) < 4.78 is 37.8. The third kappa shape index (κ3) is 2.60. The summed E-state index contributed by atoms with van der Waals surface area (Å²) in [5, 5.41) is 6.92. The second-order valence-electron chi connectivity index (χ2n) is 6.36. The highest BCUT2D eigenvalue weighted by molar-refractivity contribution is 7.89. The van der Waals surface area contributed by atoms with Gasteiger partial charge in [0.2, 0.25) is 10.9 Å². The van der Waals surface area contributed by atoms with Gasteiger partial charge in [-0.15, -0.1) is 0 Å². The van der Waals surface area contributed by atoms with Crippen molar-refractivity contribution in [3.63, 3.8) is 0 Å². The van der Waals surface area contributed by atoms with Gasteiger partial charge in [0.25, 0.3) is 10.0 Å². The number of piperidine rings is 1. The van der Waals surface area contributed by atoms with Crippen LogP contribution in [0, 0.1) is 5.41 Å². The van der Waals surface area contributed by atoms with Crippen LogP contribution in [0.4, 0.5) is 0 Å². The van der Waals surface area contributed by atoms with E-state index in [4.69, 9.17) is 8.94 Å². The van der Waals surface area contributed by atoms with Crippen LogP contribution >= 0.6 is 0 Å². The maximum atomic E-state index is 12.9. The lowest BCUT2D eigenvalue weighted by atomic mass is 9.80.